The number of aliphatic imine (C=N–C) groups is 1. The van der Waals surface area contributed by atoms with E-state index in [0.717, 1.165) is 6.42 Å². The lowest BCUT2D eigenvalue weighted by Crippen LogP contribution is -2.46. The van der Waals surface area contributed by atoms with Gasteiger partial charge in [0, 0.05) is 0 Å². The van der Waals surface area contributed by atoms with Crippen LogP contribution in [0.2, 0.25) is 0 Å². The van der Waals surface area contributed by atoms with Crippen LogP contribution in [0.25, 0.3) is 0 Å². The quantitative estimate of drug-likeness (QED) is 0.190. The van der Waals surface area contributed by atoms with Gasteiger partial charge in [0.25, 0.3) is 0 Å². The molecule has 1 aliphatic carbocycles. The van der Waals surface area contributed by atoms with E-state index in [9.17, 15) is 9.90 Å². The van der Waals surface area contributed by atoms with Crippen LogP contribution in [0.3, 0.4) is 0 Å². The fraction of sp³-hybridized carbons (Fsp3) is 0.778. The Kier molecular flexibility index (Phi) is 4.05. The van der Waals surface area contributed by atoms with Crippen molar-refractivity contribution in [3.8, 4) is 0 Å². The van der Waals surface area contributed by atoms with Crippen LogP contribution in [-0.4, -0.2) is 35.7 Å². The predicted octanol–water partition coefficient (Wildman–Crippen LogP) is -0.675. The van der Waals surface area contributed by atoms with E-state index in [-0.39, 0.29) is 6.61 Å². The molecule has 1 rings (SSSR count). The van der Waals surface area contributed by atoms with Crippen molar-refractivity contribution >= 4 is 12.3 Å². The van der Waals surface area contributed by atoms with Crippen LogP contribution in [-0.2, 0) is 9.53 Å². The second kappa shape index (κ2) is 5.09. The summed E-state index contributed by atoms with van der Waals surface area (Å²) in [4.78, 5) is 15.7. The molecule has 0 radical (unpaired) electrons. The standard InChI is InChI=1S/C9H17N3O3/c1-2-15-8(14)9(11-6-12-10)5-3-4-7(9)13/h6-7,13H,2-5,10H2,1H3,(H,11,12). The summed E-state index contributed by atoms with van der Waals surface area (Å²) in [6.07, 6.45) is 2.22. The fourth-order valence-corrected chi connectivity index (χ4v) is 1.82. The van der Waals surface area contributed by atoms with Crippen molar-refractivity contribution in [1.29, 1.82) is 0 Å². The number of ether oxygens (including phenoxy) is 1. The lowest BCUT2D eigenvalue weighted by Gasteiger charge is -2.25. The molecule has 0 saturated heterocycles. The van der Waals surface area contributed by atoms with Gasteiger partial charge in [-0.3, -0.25) is 4.99 Å². The highest BCUT2D eigenvalue weighted by Crippen LogP contribution is 2.34. The van der Waals surface area contributed by atoms with Crippen LogP contribution < -0.4 is 11.3 Å². The first-order valence-corrected chi connectivity index (χ1v) is 5.02. The zero-order chi connectivity index (χ0) is 11.3. The maximum absolute atomic E-state index is 11.7. The molecule has 0 spiro atoms. The average molecular weight is 215 g/mol. The lowest BCUT2D eigenvalue weighted by atomic mass is 9.96. The monoisotopic (exact) mass is 215 g/mol. The van der Waals surface area contributed by atoms with Crippen molar-refractivity contribution in [3.63, 3.8) is 0 Å². The molecule has 2 atom stereocenters. The number of hydrazine groups is 1. The molecule has 2 unspecified atom stereocenters. The van der Waals surface area contributed by atoms with Crippen molar-refractivity contribution in [2.24, 2.45) is 10.8 Å². The Balaban J connectivity index is 2.85. The highest BCUT2D eigenvalue weighted by atomic mass is 16.5. The summed E-state index contributed by atoms with van der Waals surface area (Å²) < 4.78 is 4.92. The van der Waals surface area contributed by atoms with Crippen LogP contribution in [0.15, 0.2) is 4.99 Å². The molecule has 1 saturated carbocycles. The Hall–Kier alpha value is -1.14. The van der Waals surface area contributed by atoms with Gasteiger partial charge in [-0.2, -0.15) is 0 Å². The van der Waals surface area contributed by atoms with Crippen LogP contribution >= 0.6 is 0 Å². The highest BCUT2D eigenvalue weighted by Gasteiger charge is 2.49. The number of carbonyl (C=O) groups is 1. The van der Waals surface area contributed by atoms with Gasteiger partial charge >= 0.3 is 5.97 Å². The van der Waals surface area contributed by atoms with E-state index in [0.29, 0.717) is 12.8 Å². The molecule has 86 valence electrons. The first kappa shape index (κ1) is 11.9. The van der Waals surface area contributed by atoms with Crippen LogP contribution in [0, 0.1) is 0 Å². The van der Waals surface area contributed by atoms with E-state index in [1.54, 1.807) is 6.92 Å². The van der Waals surface area contributed by atoms with Crippen molar-refractivity contribution in [2.45, 2.75) is 37.8 Å². The molecule has 0 aromatic rings. The fourth-order valence-electron chi connectivity index (χ4n) is 1.82. The van der Waals surface area contributed by atoms with Gasteiger partial charge in [0.15, 0.2) is 5.54 Å². The molecule has 15 heavy (non-hydrogen) atoms. The molecule has 1 aliphatic rings. The smallest absolute Gasteiger partial charge is 0.336 e. The molecule has 6 heteroatoms. The average Bonchev–Trinajstić information content (AvgIpc) is 2.58. The SMILES string of the molecule is CCOC(=O)C1(N=CNN)CCCC1O. The Bertz CT molecular complexity index is 257. The topological polar surface area (TPSA) is 96.9 Å². The van der Waals surface area contributed by atoms with Gasteiger partial charge in [0.2, 0.25) is 0 Å². The van der Waals surface area contributed by atoms with Crippen molar-refractivity contribution in [1.82, 2.24) is 5.43 Å². The van der Waals surface area contributed by atoms with Gasteiger partial charge in [-0.05, 0) is 26.2 Å². The maximum atomic E-state index is 11.7. The highest BCUT2D eigenvalue weighted by molar-refractivity contribution is 5.84. The van der Waals surface area contributed by atoms with Gasteiger partial charge in [-0.1, -0.05) is 0 Å². The summed E-state index contributed by atoms with van der Waals surface area (Å²) in [5.41, 5.74) is 1.06. The number of carbonyl (C=O) groups excluding carboxylic acids is 1. The second-order valence-electron chi connectivity index (χ2n) is 3.48. The van der Waals surface area contributed by atoms with E-state index in [1.165, 1.54) is 6.34 Å². The largest absolute Gasteiger partial charge is 0.464 e. The number of esters is 1. The van der Waals surface area contributed by atoms with E-state index in [2.05, 4.69) is 10.4 Å². The number of nitrogens with zero attached hydrogens (tertiary/aromatic N) is 1. The van der Waals surface area contributed by atoms with Crippen LogP contribution in [0.1, 0.15) is 26.2 Å². The molecule has 0 aliphatic heterocycles. The van der Waals surface area contributed by atoms with E-state index >= 15 is 0 Å². The van der Waals surface area contributed by atoms with Crippen LogP contribution in [0.4, 0.5) is 0 Å². The number of nitrogens with one attached hydrogen (secondary N) is 1. The number of aliphatic hydroxyl groups excluding tert-OH is 1. The van der Waals surface area contributed by atoms with Crippen molar-refractivity contribution < 1.29 is 14.6 Å². The van der Waals surface area contributed by atoms with E-state index < -0.39 is 17.6 Å². The summed E-state index contributed by atoms with van der Waals surface area (Å²) in [5, 5.41) is 9.78. The first-order valence-electron chi connectivity index (χ1n) is 5.02. The normalized spacial score (nSPS) is 30.7. The minimum absolute atomic E-state index is 0.277. The molecular weight excluding hydrogens is 198 g/mol. The summed E-state index contributed by atoms with van der Waals surface area (Å²) in [6.45, 7) is 2.00. The van der Waals surface area contributed by atoms with Gasteiger partial charge in [-0.25, -0.2) is 10.6 Å². The molecule has 6 nitrogen and oxygen atoms in total. The first-order chi connectivity index (χ1) is 7.17. The van der Waals surface area contributed by atoms with Crippen molar-refractivity contribution in [3.05, 3.63) is 0 Å². The predicted molar refractivity (Wildman–Crippen MR) is 55.0 cm³/mol. The van der Waals surface area contributed by atoms with Crippen LogP contribution in [0.5, 0.6) is 0 Å². The number of rotatable bonds is 4. The molecule has 0 bridgehead atoms. The molecule has 0 amide bonds. The van der Waals surface area contributed by atoms with Gasteiger partial charge in [0.1, 0.15) is 0 Å². The summed E-state index contributed by atoms with van der Waals surface area (Å²) in [7, 11) is 0. The van der Waals surface area contributed by atoms with Gasteiger partial charge < -0.3 is 15.3 Å². The van der Waals surface area contributed by atoms with Gasteiger partial charge in [-0.15, -0.1) is 0 Å². The zero-order valence-electron chi connectivity index (χ0n) is 8.77. The third-order valence-electron chi connectivity index (χ3n) is 2.59. The minimum Gasteiger partial charge on any atom is -0.464 e. The Morgan fingerprint density at radius 2 is 2.60 bits per heavy atom. The molecule has 1 fully saturated rings. The molecule has 0 aromatic carbocycles. The van der Waals surface area contributed by atoms with Gasteiger partial charge in [0.05, 0.1) is 19.0 Å². The Morgan fingerprint density at radius 3 is 3.07 bits per heavy atom. The van der Waals surface area contributed by atoms with E-state index in [1.807, 2.05) is 0 Å². The number of hydrogen-bond acceptors (Lipinski definition) is 5. The summed E-state index contributed by atoms with van der Waals surface area (Å²) >= 11 is 0. The van der Waals surface area contributed by atoms with E-state index in [4.69, 9.17) is 10.6 Å². The van der Waals surface area contributed by atoms with Crippen molar-refractivity contribution in [2.75, 3.05) is 6.61 Å². The zero-order valence-corrected chi connectivity index (χ0v) is 8.77. The second-order valence-corrected chi connectivity index (χ2v) is 3.48. The number of aliphatic hydroxyl groups is 1. The third kappa shape index (κ3) is 2.27. The number of hydrogen-bond donors (Lipinski definition) is 3. The molecule has 0 heterocycles. The molecule has 0 aromatic heterocycles. The Labute approximate surface area is 88.5 Å². The lowest BCUT2D eigenvalue weighted by molar-refractivity contribution is -0.152. The Morgan fingerprint density at radius 1 is 1.87 bits per heavy atom. The minimum atomic E-state index is -1.16. The summed E-state index contributed by atoms with van der Waals surface area (Å²) in [5.74, 6) is 4.57. The summed E-state index contributed by atoms with van der Waals surface area (Å²) in [6, 6.07) is 0. The molecular formula is C9H17N3O3. The molecule has 4 N–H and O–H groups in total. The number of nitrogens with two attached hydrogens (primary N) is 1. The maximum Gasteiger partial charge on any atom is 0.336 e. The third-order valence-corrected chi connectivity index (χ3v) is 2.59.